The maximum absolute atomic E-state index is 6.02. The van der Waals surface area contributed by atoms with Crippen LogP contribution in [0.2, 0.25) is 0 Å². The molecule has 20 heavy (non-hydrogen) atoms. The van der Waals surface area contributed by atoms with Gasteiger partial charge in [-0.15, -0.1) is 0 Å². The first-order valence-corrected chi connectivity index (χ1v) is 6.18. The summed E-state index contributed by atoms with van der Waals surface area (Å²) in [4.78, 5) is 4.37. The SMILES string of the molecule is COc1ccc(-c2ncccc2N)c(-n2cccn2)c1. The van der Waals surface area contributed by atoms with Crippen molar-refractivity contribution in [3.05, 3.63) is 55.0 Å². The number of pyridine rings is 1. The molecule has 2 N–H and O–H groups in total. The van der Waals surface area contributed by atoms with E-state index in [1.54, 1.807) is 24.2 Å². The lowest BCUT2D eigenvalue weighted by atomic mass is 10.1. The van der Waals surface area contributed by atoms with Crippen LogP contribution in [0.5, 0.6) is 5.75 Å². The Balaban J connectivity index is 2.23. The number of ether oxygens (including phenoxy) is 1. The van der Waals surface area contributed by atoms with E-state index in [0.717, 1.165) is 22.7 Å². The van der Waals surface area contributed by atoms with Crippen LogP contribution in [0.15, 0.2) is 55.0 Å². The van der Waals surface area contributed by atoms with Gasteiger partial charge in [0.1, 0.15) is 5.75 Å². The average Bonchev–Trinajstić information content (AvgIpc) is 3.01. The Morgan fingerprint density at radius 1 is 1.15 bits per heavy atom. The maximum atomic E-state index is 6.02. The molecule has 1 aromatic carbocycles. The molecule has 3 aromatic rings. The highest BCUT2D eigenvalue weighted by Gasteiger charge is 2.12. The maximum Gasteiger partial charge on any atom is 0.121 e. The van der Waals surface area contributed by atoms with Crippen molar-refractivity contribution in [2.24, 2.45) is 0 Å². The molecular formula is C15H14N4O. The summed E-state index contributed by atoms with van der Waals surface area (Å²) in [6, 6.07) is 11.3. The van der Waals surface area contributed by atoms with E-state index in [-0.39, 0.29) is 0 Å². The van der Waals surface area contributed by atoms with E-state index in [9.17, 15) is 0 Å². The fourth-order valence-corrected chi connectivity index (χ4v) is 2.08. The summed E-state index contributed by atoms with van der Waals surface area (Å²) in [6.07, 6.45) is 5.32. The van der Waals surface area contributed by atoms with Gasteiger partial charge in [-0.25, -0.2) is 4.68 Å². The Labute approximate surface area is 116 Å². The molecular weight excluding hydrogens is 252 g/mol. The number of methoxy groups -OCH3 is 1. The number of nitrogens with two attached hydrogens (primary N) is 1. The van der Waals surface area contributed by atoms with E-state index < -0.39 is 0 Å². The highest BCUT2D eigenvalue weighted by molar-refractivity contribution is 5.79. The van der Waals surface area contributed by atoms with Crippen LogP contribution < -0.4 is 10.5 Å². The van der Waals surface area contributed by atoms with Gasteiger partial charge in [0.15, 0.2) is 0 Å². The molecule has 0 aliphatic heterocycles. The molecule has 5 heteroatoms. The second kappa shape index (κ2) is 5.05. The number of anilines is 1. The fourth-order valence-electron chi connectivity index (χ4n) is 2.08. The minimum Gasteiger partial charge on any atom is -0.497 e. The fraction of sp³-hybridized carbons (Fsp3) is 0.0667. The number of nitrogens with zero attached hydrogens (tertiary/aromatic N) is 3. The molecule has 100 valence electrons. The van der Waals surface area contributed by atoms with Gasteiger partial charge in [-0.1, -0.05) is 0 Å². The Morgan fingerprint density at radius 2 is 2.05 bits per heavy atom. The Morgan fingerprint density at radius 3 is 2.75 bits per heavy atom. The first-order valence-electron chi connectivity index (χ1n) is 6.18. The van der Waals surface area contributed by atoms with Gasteiger partial charge >= 0.3 is 0 Å². The summed E-state index contributed by atoms with van der Waals surface area (Å²) in [5.41, 5.74) is 9.17. The smallest absolute Gasteiger partial charge is 0.121 e. The second-order valence-electron chi connectivity index (χ2n) is 4.27. The molecule has 0 aliphatic carbocycles. The first kappa shape index (κ1) is 12.2. The van der Waals surface area contributed by atoms with Gasteiger partial charge in [-0.05, 0) is 30.3 Å². The van der Waals surface area contributed by atoms with Crippen LogP contribution >= 0.6 is 0 Å². The summed E-state index contributed by atoms with van der Waals surface area (Å²) in [5.74, 6) is 0.758. The predicted molar refractivity (Wildman–Crippen MR) is 77.8 cm³/mol. The van der Waals surface area contributed by atoms with Gasteiger partial charge in [0.2, 0.25) is 0 Å². The van der Waals surface area contributed by atoms with E-state index in [4.69, 9.17) is 10.5 Å². The highest BCUT2D eigenvalue weighted by Crippen LogP contribution is 2.31. The zero-order chi connectivity index (χ0) is 13.9. The van der Waals surface area contributed by atoms with Crippen LogP contribution in [0.1, 0.15) is 0 Å². The number of nitrogen functional groups attached to an aromatic ring is 1. The lowest BCUT2D eigenvalue weighted by Crippen LogP contribution is -2.01. The number of rotatable bonds is 3. The molecule has 0 fully saturated rings. The third-order valence-electron chi connectivity index (χ3n) is 3.05. The largest absolute Gasteiger partial charge is 0.497 e. The number of hydrogen-bond acceptors (Lipinski definition) is 4. The van der Waals surface area contributed by atoms with E-state index in [0.29, 0.717) is 5.69 Å². The second-order valence-corrected chi connectivity index (χ2v) is 4.27. The average molecular weight is 266 g/mol. The van der Waals surface area contributed by atoms with Crippen molar-refractivity contribution in [2.75, 3.05) is 12.8 Å². The van der Waals surface area contributed by atoms with Crippen LogP contribution in [0, 0.1) is 0 Å². The quantitative estimate of drug-likeness (QED) is 0.791. The van der Waals surface area contributed by atoms with E-state index in [2.05, 4.69) is 10.1 Å². The van der Waals surface area contributed by atoms with Crippen LogP contribution in [0.25, 0.3) is 16.9 Å². The number of benzene rings is 1. The van der Waals surface area contributed by atoms with Gasteiger partial charge in [-0.3, -0.25) is 4.98 Å². The normalized spacial score (nSPS) is 10.4. The molecule has 0 atom stereocenters. The van der Waals surface area contributed by atoms with Crippen LogP contribution in [-0.4, -0.2) is 21.9 Å². The van der Waals surface area contributed by atoms with Crippen LogP contribution in [0.3, 0.4) is 0 Å². The van der Waals surface area contributed by atoms with Crippen molar-refractivity contribution < 1.29 is 4.74 Å². The molecule has 0 saturated heterocycles. The van der Waals surface area contributed by atoms with Crippen molar-refractivity contribution in [3.63, 3.8) is 0 Å². The Bertz CT molecular complexity index is 722. The third kappa shape index (κ3) is 2.09. The molecule has 0 aliphatic rings. The monoisotopic (exact) mass is 266 g/mol. The van der Waals surface area contributed by atoms with Gasteiger partial charge in [0, 0.05) is 30.2 Å². The minimum atomic E-state index is 0.631. The van der Waals surface area contributed by atoms with Crippen LogP contribution in [-0.2, 0) is 0 Å². The standard InChI is InChI=1S/C15H14N4O/c1-20-11-5-6-12(15-13(16)4-2-7-17-15)14(10-11)19-9-3-8-18-19/h2-10H,16H2,1H3. The molecule has 0 radical (unpaired) electrons. The van der Waals surface area contributed by atoms with E-state index in [1.165, 1.54) is 0 Å². The zero-order valence-electron chi connectivity index (χ0n) is 11.0. The molecule has 0 saturated carbocycles. The van der Waals surface area contributed by atoms with Crippen molar-refractivity contribution >= 4 is 5.69 Å². The molecule has 3 rings (SSSR count). The third-order valence-corrected chi connectivity index (χ3v) is 3.05. The van der Waals surface area contributed by atoms with Crippen molar-refractivity contribution in [2.45, 2.75) is 0 Å². The van der Waals surface area contributed by atoms with Gasteiger partial charge in [0.05, 0.1) is 24.2 Å². The van der Waals surface area contributed by atoms with Crippen molar-refractivity contribution in [1.82, 2.24) is 14.8 Å². The molecule has 0 amide bonds. The molecule has 2 heterocycles. The van der Waals surface area contributed by atoms with Gasteiger partial charge in [0.25, 0.3) is 0 Å². The number of hydrogen-bond donors (Lipinski definition) is 1. The summed E-state index contributed by atoms with van der Waals surface area (Å²) >= 11 is 0. The molecule has 0 spiro atoms. The van der Waals surface area contributed by atoms with Gasteiger partial charge < -0.3 is 10.5 Å². The first-order chi connectivity index (χ1) is 9.79. The van der Waals surface area contributed by atoms with E-state index >= 15 is 0 Å². The van der Waals surface area contributed by atoms with Crippen molar-refractivity contribution in [1.29, 1.82) is 0 Å². The predicted octanol–water partition coefficient (Wildman–Crippen LogP) is 2.53. The molecule has 5 nitrogen and oxygen atoms in total. The lowest BCUT2D eigenvalue weighted by molar-refractivity contribution is 0.414. The Kier molecular flexibility index (Phi) is 3.09. The van der Waals surface area contributed by atoms with Crippen LogP contribution in [0.4, 0.5) is 5.69 Å². The number of aromatic nitrogens is 3. The van der Waals surface area contributed by atoms with Crippen molar-refractivity contribution in [3.8, 4) is 22.7 Å². The topological polar surface area (TPSA) is 66.0 Å². The summed E-state index contributed by atoms with van der Waals surface area (Å²) < 4.78 is 7.05. The molecule has 2 aromatic heterocycles. The lowest BCUT2D eigenvalue weighted by Gasteiger charge is -2.12. The van der Waals surface area contributed by atoms with Gasteiger partial charge in [-0.2, -0.15) is 5.10 Å². The molecule has 0 unspecified atom stereocenters. The summed E-state index contributed by atoms with van der Waals surface area (Å²) in [5, 5.41) is 4.27. The van der Waals surface area contributed by atoms with E-state index in [1.807, 2.05) is 42.6 Å². The summed E-state index contributed by atoms with van der Waals surface area (Å²) in [6.45, 7) is 0. The zero-order valence-corrected chi connectivity index (χ0v) is 11.0. The Hall–Kier alpha value is -2.82. The molecule has 0 bridgehead atoms. The highest BCUT2D eigenvalue weighted by atomic mass is 16.5. The minimum absolute atomic E-state index is 0.631. The summed E-state index contributed by atoms with van der Waals surface area (Å²) in [7, 11) is 1.64.